The van der Waals surface area contributed by atoms with Crippen LogP contribution in [0.4, 0.5) is 26.3 Å². The van der Waals surface area contributed by atoms with Gasteiger partial charge in [-0.05, 0) is 25.5 Å². The Hall–Kier alpha value is -1.70. The molecule has 1 aliphatic rings. The number of piperidine rings is 1. The number of ether oxygens (including phenoxy) is 1. The fourth-order valence-electron chi connectivity index (χ4n) is 2.63. The molecule has 0 saturated carbocycles. The molecule has 1 saturated heterocycles. The van der Waals surface area contributed by atoms with Crippen molar-refractivity contribution in [3.8, 4) is 0 Å². The Balaban J connectivity index is 2.97. The molecule has 0 aromatic heterocycles. The van der Waals surface area contributed by atoms with Crippen LogP contribution in [-0.2, 0) is 24.0 Å². The van der Waals surface area contributed by atoms with Gasteiger partial charge in [-0.3, -0.25) is 4.79 Å². The standard InChI is InChI=1S/C14H18F6N2O5S/c1-2-26-9(23)8(21-10(24)13(15,16)17)12(7-28)3-5-22(6-4-12)27-11(25)14(18,19)20/h8,28H,2-7H2,1H3,(H,21,24). The van der Waals surface area contributed by atoms with E-state index in [1.54, 1.807) is 5.32 Å². The van der Waals surface area contributed by atoms with Gasteiger partial charge in [0.25, 0.3) is 0 Å². The summed E-state index contributed by atoms with van der Waals surface area (Å²) >= 11 is 4.05. The van der Waals surface area contributed by atoms with Crippen LogP contribution in [0.2, 0.25) is 0 Å². The van der Waals surface area contributed by atoms with Gasteiger partial charge >= 0.3 is 30.2 Å². The van der Waals surface area contributed by atoms with Crippen LogP contribution in [0.5, 0.6) is 0 Å². The van der Waals surface area contributed by atoms with Crippen molar-refractivity contribution in [1.82, 2.24) is 10.4 Å². The highest BCUT2D eigenvalue weighted by atomic mass is 32.1. The zero-order valence-corrected chi connectivity index (χ0v) is 15.4. The van der Waals surface area contributed by atoms with Crippen molar-refractivity contribution < 1.29 is 50.3 Å². The molecular weight excluding hydrogens is 422 g/mol. The molecular formula is C14H18F6N2O5S. The van der Waals surface area contributed by atoms with E-state index < -0.39 is 41.7 Å². The summed E-state index contributed by atoms with van der Waals surface area (Å²) in [7, 11) is 0. The van der Waals surface area contributed by atoms with E-state index in [0.717, 1.165) is 0 Å². The number of halogens is 6. The van der Waals surface area contributed by atoms with Gasteiger partial charge in [0.15, 0.2) is 0 Å². The summed E-state index contributed by atoms with van der Waals surface area (Å²) < 4.78 is 79.4. The second kappa shape index (κ2) is 9.20. The number of carbonyl (C=O) groups excluding carboxylic acids is 3. The van der Waals surface area contributed by atoms with Crippen LogP contribution >= 0.6 is 12.6 Å². The molecule has 1 amide bonds. The molecule has 0 radical (unpaired) electrons. The zero-order valence-electron chi connectivity index (χ0n) is 14.5. The third-order valence-corrected chi connectivity index (χ3v) is 4.77. The Morgan fingerprint density at radius 2 is 1.64 bits per heavy atom. The van der Waals surface area contributed by atoms with Crippen LogP contribution in [0.1, 0.15) is 19.8 Å². The fourth-order valence-corrected chi connectivity index (χ4v) is 3.13. The van der Waals surface area contributed by atoms with Crippen molar-refractivity contribution in [2.45, 2.75) is 38.2 Å². The summed E-state index contributed by atoms with van der Waals surface area (Å²) in [5, 5.41) is 2.28. The summed E-state index contributed by atoms with van der Waals surface area (Å²) in [5.74, 6) is -6.12. The van der Waals surface area contributed by atoms with Crippen molar-refractivity contribution >= 4 is 30.5 Å². The highest BCUT2D eigenvalue weighted by Crippen LogP contribution is 2.38. The molecule has 0 spiro atoms. The lowest BCUT2D eigenvalue weighted by atomic mass is 9.74. The topological polar surface area (TPSA) is 84.9 Å². The van der Waals surface area contributed by atoms with E-state index in [0.29, 0.717) is 5.06 Å². The van der Waals surface area contributed by atoms with Crippen molar-refractivity contribution in [3.63, 3.8) is 0 Å². The maximum atomic E-state index is 12.6. The lowest BCUT2D eigenvalue weighted by Crippen LogP contribution is -2.60. The number of hydrogen-bond donors (Lipinski definition) is 2. The Labute approximate surface area is 161 Å². The Kier molecular flexibility index (Phi) is 8.00. The van der Waals surface area contributed by atoms with Gasteiger partial charge < -0.3 is 14.9 Å². The third kappa shape index (κ3) is 6.15. The molecule has 1 unspecified atom stereocenters. The first-order valence-electron chi connectivity index (χ1n) is 7.96. The molecule has 0 aliphatic carbocycles. The number of alkyl halides is 6. The molecule has 0 aromatic carbocycles. The minimum atomic E-state index is -5.26. The molecule has 1 fully saturated rings. The monoisotopic (exact) mass is 440 g/mol. The molecule has 1 heterocycles. The van der Waals surface area contributed by atoms with Crippen molar-refractivity contribution in [2.75, 3.05) is 25.4 Å². The molecule has 1 rings (SSSR count). The smallest absolute Gasteiger partial charge is 0.464 e. The quantitative estimate of drug-likeness (QED) is 0.371. The van der Waals surface area contributed by atoms with Crippen LogP contribution in [0.15, 0.2) is 0 Å². The van der Waals surface area contributed by atoms with Crippen LogP contribution in [0.25, 0.3) is 0 Å². The second-order valence-electron chi connectivity index (χ2n) is 5.98. The van der Waals surface area contributed by atoms with E-state index in [1.165, 1.54) is 6.92 Å². The summed E-state index contributed by atoms with van der Waals surface area (Å²) in [4.78, 5) is 38.6. The molecule has 1 atom stereocenters. The van der Waals surface area contributed by atoms with E-state index in [-0.39, 0.29) is 38.3 Å². The Morgan fingerprint density at radius 3 is 2.04 bits per heavy atom. The number of esters is 1. The van der Waals surface area contributed by atoms with E-state index >= 15 is 0 Å². The summed E-state index contributed by atoms with van der Waals surface area (Å²) in [6, 6.07) is -1.74. The second-order valence-corrected chi connectivity index (χ2v) is 6.30. The average Bonchev–Trinajstić information content (AvgIpc) is 2.59. The fraction of sp³-hybridized carbons (Fsp3) is 0.786. The van der Waals surface area contributed by atoms with Crippen molar-refractivity contribution in [2.24, 2.45) is 5.41 Å². The maximum Gasteiger partial charge on any atom is 0.492 e. The molecule has 1 aliphatic heterocycles. The highest BCUT2D eigenvalue weighted by molar-refractivity contribution is 7.80. The van der Waals surface area contributed by atoms with Crippen molar-refractivity contribution in [1.29, 1.82) is 0 Å². The molecule has 7 nitrogen and oxygen atoms in total. The minimum absolute atomic E-state index is 0.171. The van der Waals surface area contributed by atoms with Crippen LogP contribution in [0, 0.1) is 5.41 Å². The molecule has 162 valence electrons. The molecule has 0 bridgehead atoms. The van der Waals surface area contributed by atoms with Crippen LogP contribution in [-0.4, -0.2) is 66.8 Å². The number of thiol groups is 1. The number of carbonyl (C=O) groups is 3. The first-order valence-corrected chi connectivity index (χ1v) is 8.59. The summed E-state index contributed by atoms with van der Waals surface area (Å²) in [6.07, 6.45) is -10.9. The third-order valence-electron chi connectivity index (χ3n) is 4.14. The Bertz CT molecular complexity index is 590. The van der Waals surface area contributed by atoms with E-state index in [9.17, 15) is 40.7 Å². The molecule has 28 heavy (non-hydrogen) atoms. The van der Waals surface area contributed by atoms with E-state index in [1.807, 2.05) is 0 Å². The van der Waals surface area contributed by atoms with Crippen LogP contribution in [0.3, 0.4) is 0 Å². The van der Waals surface area contributed by atoms with E-state index in [4.69, 9.17) is 4.74 Å². The van der Waals surface area contributed by atoms with Gasteiger partial charge in [-0.15, -0.1) is 5.06 Å². The van der Waals surface area contributed by atoms with Gasteiger partial charge in [-0.1, -0.05) is 0 Å². The van der Waals surface area contributed by atoms with Gasteiger partial charge in [0.1, 0.15) is 6.04 Å². The van der Waals surface area contributed by atoms with Gasteiger partial charge in [0, 0.05) is 18.5 Å². The number of amides is 1. The first kappa shape index (κ1) is 24.3. The van der Waals surface area contributed by atoms with Gasteiger partial charge in [-0.2, -0.15) is 39.0 Å². The number of nitrogens with zero attached hydrogens (tertiary/aromatic N) is 1. The first-order chi connectivity index (χ1) is 12.8. The Morgan fingerprint density at radius 1 is 1.11 bits per heavy atom. The van der Waals surface area contributed by atoms with Crippen molar-refractivity contribution in [3.05, 3.63) is 0 Å². The summed E-state index contributed by atoms with van der Waals surface area (Å²) in [5.41, 5.74) is -1.35. The molecule has 1 N–H and O–H groups in total. The number of rotatable bonds is 6. The molecule has 14 heteroatoms. The van der Waals surface area contributed by atoms with Gasteiger partial charge in [-0.25, -0.2) is 9.59 Å². The zero-order chi connectivity index (χ0) is 21.8. The molecule has 0 aromatic rings. The normalized spacial score (nSPS) is 18.9. The largest absolute Gasteiger partial charge is 0.492 e. The highest BCUT2D eigenvalue weighted by Gasteiger charge is 2.51. The average molecular weight is 440 g/mol. The maximum absolute atomic E-state index is 12.6. The number of hydroxylamine groups is 2. The minimum Gasteiger partial charge on any atom is -0.464 e. The predicted molar refractivity (Wildman–Crippen MR) is 83.9 cm³/mol. The summed E-state index contributed by atoms with van der Waals surface area (Å²) in [6.45, 7) is 0.600. The number of hydrogen-bond acceptors (Lipinski definition) is 7. The SMILES string of the molecule is CCOC(=O)C(NC(=O)C(F)(F)F)C1(CS)CCN(OC(=O)C(F)(F)F)CC1. The lowest BCUT2D eigenvalue weighted by molar-refractivity contribution is -0.244. The van der Waals surface area contributed by atoms with Gasteiger partial charge in [0.2, 0.25) is 0 Å². The van der Waals surface area contributed by atoms with E-state index in [2.05, 4.69) is 17.5 Å². The lowest BCUT2D eigenvalue weighted by Gasteiger charge is -2.44. The number of nitrogens with one attached hydrogen (secondary N) is 1. The van der Waals surface area contributed by atoms with Gasteiger partial charge in [0.05, 0.1) is 6.61 Å². The van der Waals surface area contributed by atoms with Crippen LogP contribution < -0.4 is 5.32 Å². The predicted octanol–water partition coefficient (Wildman–Crippen LogP) is 1.63.